The van der Waals surface area contributed by atoms with Gasteiger partial charge in [-0.25, -0.2) is 18.7 Å². The van der Waals surface area contributed by atoms with Gasteiger partial charge in [0.2, 0.25) is 0 Å². The van der Waals surface area contributed by atoms with Crippen molar-refractivity contribution in [3.05, 3.63) is 52.3 Å². The first-order chi connectivity index (χ1) is 15.9. The number of pyridine rings is 1. The standard InChI is InChI=1S/C22H25F2N5O3S/c1-33(31)13-6-25-20-22(30)29(8-7-28-9-11-32-12-10-28)21-19(26-20)5-4-18(27-21)15-2-3-16(23)17(24)14-15/h2-5,14H,6-13H2,1H3,(H,25,26). The van der Waals surface area contributed by atoms with Crippen LogP contribution in [0.5, 0.6) is 0 Å². The molecular formula is C22H25F2N5O3S. The molecule has 1 aliphatic heterocycles. The van der Waals surface area contributed by atoms with E-state index in [-0.39, 0.29) is 11.4 Å². The highest BCUT2D eigenvalue weighted by atomic mass is 32.2. The van der Waals surface area contributed by atoms with Crippen molar-refractivity contribution in [2.24, 2.45) is 0 Å². The van der Waals surface area contributed by atoms with Crippen LogP contribution in [0.25, 0.3) is 22.4 Å². The minimum atomic E-state index is -1.00. The molecule has 1 aliphatic rings. The van der Waals surface area contributed by atoms with E-state index in [1.165, 1.54) is 6.07 Å². The van der Waals surface area contributed by atoms with Crippen LogP contribution in [0.4, 0.5) is 14.6 Å². The summed E-state index contributed by atoms with van der Waals surface area (Å²) in [6.07, 6.45) is 1.60. The molecule has 0 aliphatic carbocycles. The molecule has 33 heavy (non-hydrogen) atoms. The fraction of sp³-hybridized carbons (Fsp3) is 0.409. The predicted octanol–water partition coefficient (Wildman–Crippen LogP) is 1.86. The summed E-state index contributed by atoms with van der Waals surface area (Å²) in [4.78, 5) is 24.5. The highest BCUT2D eigenvalue weighted by Crippen LogP contribution is 2.22. The van der Waals surface area contributed by atoms with E-state index in [4.69, 9.17) is 4.74 Å². The van der Waals surface area contributed by atoms with Gasteiger partial charge >= 0.3 is 0 Å². The minimum Gasteiger partial charge on any atom is -0.379 e. The molecule has 3 heterocycles. The van der Waals surface area contributed by atoms with Crippen LogP contribution in [0, 0.1) is 11.6 Å². The van der Waals surface area contributed by atoms with Crippen LogP contribution in [-0.2, 0) is 22.1 Å². The maximum Gasteiger partial charge on any atom is 0.294 e. The van der Waals surface area contributed by atoms with Crippen molar-refractivity contribution in [2.75, 3.05) is 56.7 Å². The molecule has 0 amide bonds. The van der Waals surface area contributed by atoms with Gasteiger partial charge in [-0.15, -0.1) is 0 Å². The number of ether oxygens (including phenoxy) is 1. The van der Waals surface area contributed by atoms with E-state index in [1.54, 1.807) is 23.0 Å². The number of hydrogen-bond acceptors (Lipinski definition) is 7. The van der Waals surface area contributed by atoms with Crippen LogP contribution in [-0.4, -0.2) is 75.0 Å². The van der Waals surface area contributed by atoms with Crippen molar-refractivity contribution in [3.8, 4) is 11.3 Å². The summed E-state index contributed by atoms with van der Waals surface area (Å²) in [6, 6.07) is 6.92. The first-order valence-corrected chi connectivity index (χ1v) is 12.4. The zero-order valence-electron chi connectivity index (χ0n) is 18.2. The minimum absolute atomic E-state index is 0.164. The Hall–Kier alpha value is -2.76. The number of nitrogens with zero attached hydrogens (tertiary/aromatic N) is 4. The molecule has 1 N–H and O–H groups in total. The molecule has 1 atom stereocenters. The lowest BCUT2D eigenvalue weighted by Crippen LogP contribution is -2.39. The van der Waals surface area contributed by atoms with Crippen molar-refractivity contribution >= 4 is 27.8 Å². The summed E-state index contributed by atoms with van der Waals surface area (Å²) >= 11 is 0. The fourth-order valence-electron chi connectivity index (χ4n) is 3.64. The van der Waals surface area contributed by atoms with E-state index >= 15 is 0 Å². The third-order valence-corrected chi connectivity index (χ3v) is 6.21. The Morgan fingerprint density at radius 1 is 1.09 bits per heavy atom. The van der Waals surface area contributed by atoms with Gasteiger partial charge in [0.05, 0.1) is 18.9 Å². The molecule has 4 rings (SSSR count). The quantitative estimate of drug-likeness (QED) is 0.530. The van der Waals surface area contributed by atoms with Crippen molar-refractivity contribution in [1.82, 2.24) is 19.4 Å². The smallest absolute Gasteiger partial charge is 0.294 e. The number of hydrogen-bond donors (Lipinski definition) is 1. The number of benzene rings is 1. The highest BCUT2D eigenvalue weighted by molar-refractivity contribution is 7.84. The molecule has 11 heteroatoms. The molecule has 1 saturated heterocycles. The summed E-state index contributed by atoms with van der Waals surface area (Å²) < 4.78 is 45.4. The average Bonchev–Trinajstić information content (AvgIpc) is 2.81. The lowest BCUT2D eigenvalue weighted by molar-refractivity contribution is 0.0364. The number of morpholine rings is 1. The number of rotatable bonds is 8. The van der Waals surface area contributed by atoms with E-state index in [0.717, 1.165) is 25.2 Å². The Bertz CT molecular complexity index is 1230. The van der Waals surface area contributed by atoms with Gasteiger partial charge < -0.3 is 10.1 Å². The third kappa shape index (κ3) is 5.60. The molecule has 2 aromatic heterocycles. The molecule has 176 valence electrons. The second kappa shape index (κ2) is 10.4. The third-order valence-electron chi connectivity index (χ3n) is 5.43. The lowest BCUT2D eigenvalue weighted by Gasteiger charge is -2.27. The predicted molar refractivity (Wildman–Crippen MR) is 124 cm³/mol. The Labute approximate surface area is 192 Å². The van der Waals surface area contributed by atoms with Gasteiger partial charge in [-0.1, -0.05) is 0 Å². The largest absolute Gasteiger partial charge is 0.379 e. The van der Waals surface area contributed by atoms with Gasteiger partial charge in [-0.05, 0) is 30.3 Å². The summed E-state index contributed by atoms with van der Waals surface area (Å²) in [6.45, 7) is 4.19. The second-order valence-electron chi connectivity index (χ2n) is 7.74. The van der Waals surface area contributed by atoms with E-state index < -0.39 is 22.4 Å². The Balaban J connectivity index is 1.73. The molecule has 0 saturated carbocycles. The maximum atomic E-state index is 13.8. The van der Waals surface area contributed by atoms with Gasteiger partial charge in [-0.3, -0.25) is 18.5 Å². The monoisotopic (exact) mass is 477 g/mol. The maximum absolute atomic E-state index is 13.8. The molecule has 1 unspecified atom stereocenters. The Morgan fingerprint density at radius 3 is 2.61 bits per heavy atom. The summed E-state index contributed by atoms with van der Waals surface area (Å²) in [5.41, 5.74) is 1.32. The normalized spacial score (nSPS) is 15.6. The first-order valence-electron chi connectivity index (χ1n) is 10.6. The molecular weight excluding hydrogens is 452 g/mol. The molecule has 1 fully saturated rings. The topological polar surface area (TPSA) is 89.3 Å². The fourth-order valence-corrected chi connectivity index (χ4v) is 4.03. The molecule has 1 aromatic carbocycles. The molecule has 0 radical (unpaired) electrons. The van der Waals surface area contributed by atoms with Crippen LogP contribution < -0.4 is 10.9 Å². The van der Waals surface area contributed by atoms with Crippen LogP contribution in [0.15, 0.2) is 35.1 Å². The van der Waals surface area contributed by atoms with Crippen LogP contribution in [0.3, 0.4) is 0 Å². The SMILES string of the molecule is CS(=O)CCNc1nc2ccc(-c3ccc(F)c(F)c3)nc2n(CCN2CCOCC2)c1=O. The van der Waals surface area contributed by atoms with E-state index in [1.807, 2.05) is 0 Å². The summed E-state index contributed by atoms with van der Waals surface area (Å²) in [5.74, 6) is -1.35. The van der Waals surface area contributed by atoms with Gasteiger partial charge in [-0.2, -0.15) is 0 Å². The highest BCUT2D eigenvalue weighted by Gasteiger charge is 2.16. The summed E-state index contributed by atoms with van der Waals surface area (Å²) in [7, 11) is -1.00. The van der Waals surface area contributed by atoms with Crippen molar-refractivity contribution in [1.29, 1.82) is 0 Å². The van der Waals surface area contributed by atoms with Crippen LogP contribution in [0.2, 0.25) is 0 Å². The molecule has 8 nitrogen and oxygen atoms in total. The molecule has 0 spiro atoms. The van der Waals surface area contributed by atoms with E-state index in [2.05, 4.69) is 20.2 Å². The lowest BCUT2D eigenvalue weighted by atomic mass is 10.1. The molecule has 0 bridgehead atoms. The number of aromatic nitrogens is 3. The van der Waals surface area contributed by atoms with Crippen LogP contribution in [0.1, 0.15) is 0 Å². The average molecular weight is 478 g/mol. The molecule has 3 aromatic rings. The van der Waals surface area contributed by atoms with Gasteiger partial charge in [0.25, 0.3) is 5.56 Å². The van der Waals surface area contributed by atoms with Crippen LogP contribution >= 0.6 is 0 Å². The van der Waals surface area contributed by atoms with E-state index in [9.17, 15) is 17.8 Å². The number of halogens is 2. The zero-order valence-corrected chi connectivity index (χ0v) is 19.0. The second-order valence-corrected chi connectivity index (χ2v) is 9.30. The number of nitrogens with one attached hydrogen (secondary N) is 1. The first kappa shape index (κ1) is 23.4. The van der Waals surface area contributed by atoms with E-state index in [0.29, 0.717) is 61.0 Å². The van der Waals surface area contributed by atoms with Gasteiger partial charge in [0.15, 0.2) is 23.1 Å². The number of fused-ring (bicyclic) bond motifs is 1. The Kier molecular flexibility index (Phi) is 7.41. The van der Waals surface area contributed by atoms with Crippen molar-refractivity contribution in [2.45, 2.75) is 6.54 Å². The number of anilines is 1. The Morgan fingerprint density at radius 2 is 1.88 bits per heavy atom. The summed E-state index contributed by atoms with van der Waals surface area (Å²) in [5, 5.41) is 2.98. The van der Waals surface area contributed by atoms with Gasteiger partial charge in [0.1, 0.15) is 5.52 Å². The zero-order chi connectivity index (χ0) is 23.4. The van der Waals surface area contributed by atoms with Crippen molar-refractivity contribution < 1.29 is 17.7 Å². The van der Waals surface area contributed by atoms with Crippen molar-refractivity contribution in [3.63, 3.8) is 0 Å². The van der Waals surface area contributed by atoms with Gasteiger partial charge in [0, 0.05) is 61.1 Å².